The number of carbonyl (C=O) groups excluding carboxylic acids is 2. The van der Waals surface area contributed by atoms with Gasteiger partial charge in [-0.15, -0.1) is 0 Å². The van der Waals surface area contributed by atoms with Crippen LogP contribution in [0.2, 0.25) is 0 Å². The van der Waals surface area contributed by atoms with Crippen LogP contribution in [0.5, 0.6) is 5.75 Å². The lowest BCUT2D eigenvalue weighted by atomic mass is 9.99. The van der Waals surface area contributed by atoms with Gasteiger partial charge in [0.1, 0.15) is 5.75 Å². The second-order valence-electron chi connectivity index (χ2n) is 8.78. The van der Waals surface area contributed by atoms with Crippen molar-refractivity contribution in [3.8, 4) is 5.75 Å². The van der Waals surface area contributed by atoms with E-state index in [1.165, 1.54) is 4.90 Å². The van der Waals surface area contributed by atoms with E-state index in [4.69, 9.17) is 9.72 Å². The fourth-order valence-electron chi connectivity index (χ4n) is 4.40. The van der Waals surface area contributed by atoms with Crippen molar-refractivity contribution >= 4 is 34.4 Å². The first-order chi connectivity index (χ1) is 16.0. The van der Waals surface area contributed by atoms with E-state index >= 15 is 0 Å². The first-order valence-electron chi connectivity index (χ1n) is 11.3. The molecule has 0 aliphatic heterocycles. The zero-order valence-electron chi connectivity index (χ0n) is 18.9. The van der Waals surface area contributed by atoms with Gasteiger partial charge in [-0.2, -0.15) is 0 Å². The lowest BCUT2D eigenvalue weighted by Crippen LogP contribution is -2.39. The number of carbonyl (C=O) groups is 2. The van der Waals surface area contributed by atoms with Crippen molar-refractivity contribution in [2.75, 3.05) is 20.7 Å². The molecule has 1 fully saturated rings. The molecule has 0 saturated heterocycles. The Bertz CT molecular complexity index is 1260. The number of hydrogen-bond acceptors (Lipinski definition) is 4. The Hall–Kier alpha value is -3.67. The number of likely N-dealkylation sites (N-methyl/N-ethyl adjacent to an activating group) is 1. The quantitative estimate of drug-likeness (QED) is 0.626. The number of pyridine rings is 1. The number of amides is 2. The maximum atomic E-state index is 13.6. The van der Waals surface area contributed by atoms with E-state index in [2.05, 4.69) is 11.4 Å². The van der Waals surface area contributed by atoms with Crippen LogP contribution in [0, 0.1) is 0 Å². The van der Waals surface area contributed by atoms with Crippen molar-refractivity contribution in [3.05, 3.63) is 70.9 Å². The summed E-state index contributed by atoms with van der Waals surface area (Å²) in [5.41, 5.74) is 5.48. The number of benzene rings is 2. The fourth-order valence-corrected chi connectivity index (χ4v) is 4.40. The minimum atomic E-state index is -0.138. The summed E-state index contributed by atoms with van der Waals surface area (Å²) in [5, 5.41) is 3.79. The topological polar surface area (TPSA) is 71.5 Å². The maximum Gasteiger partial charge on any atom is 0.255 e. The van der Waals surface area contributed by atoms with Gasteiger partial charge in [-0.25, -0.2) is 4.98 Å². The molecule has 168 valence electrons. The van der Waals surface area contributed by atoms with Gasteiger partial charge in [-0.1, -0.05) is 30.3 Å². The largest absolute Gasteiger partial charge is 0.497 e. The SMILES string of the molecule is COc1ccc(/C=C2/CCc3c2nc2ccccc2c3C(=O)N(C)CC(=O)NC2CC2)cc1. The van der Waals surface area contributed by atoms with Crippen LogP contribution in [0.15, 0.2) is 48.5 Å². The van der Waals surface area contributed by atoms with E-state index in [1.54, 1.807) is 14.2 Å². The van der Waals surface area contributed by atoms with Crippen molar-refractivity contribution in [1.82, 2.24) is 15.2 Å². The van der Waals surface area contributed by atoms with Gasteiger partial charge in [-0.3, -0.25) is 9.59 Å². The van der Waals surface area contributed by atoms with Gasteiger partial charge in [0.25, 0.3) is 5.91 Å². The maximum absolute atomic E-state index is 13.6. The van der Waals surface area contributed by atoms with Crippen molar-refractivity contribution in [2.45, 2.75) is 31.7 Å². The van der Waals surface area contributed by atoms with Crippen LogP contribution in [0.1, 0.15) is 46.4 Å². The summed E-state index contributed by atoms with van der Waals surface area (Å²) in [5.74, 6) is 0.569. The average molecular weight is 442 g/mol. The van der Waals surface area contributed by atoms with Crippen LogP contribution in [-0.2, 0) is 11.2 Å². The van der Waals surface area contributed by atoms with Gasteiger partial charge >= 0.3 is 0 Å². The van der Waals surface area contributed by atoms with Crippen LogP contribution >= 0.6 is 0 Å². The van der Waals surface area contributed by atoms with Crippen LogP contribution in [0.3, 0.4) is 0 Å². The van der Waals surface area contributed by atoms with E-state index in [1.807, 2.05) is 48.5 Å². The minimum absolute atomic E-state index is 0.0509. The predicted octanol–water partition coefficient (Wildman–Crippen LogP) is 4.08. The van der Waals surface area contributed by atoms with Gasteiger partial charge in [0.2, 0.25) is 5.91 Å². The number of rotatable bonds is 6. The molecule has 0 radical (unpaired) electrons. The summed E-state index contributed by atoms with van der Waals surface area (Å²) >= 11 is 0. The number of aromatic nitrogens is 1. The van der Waals surface area contributed by atoms with E-state index in [0.717, 1.165) is 64.7 Å². The minimum Gasteiger partial charge on any atom is -0.497 e. The first kappa shape index (κ1) is 21.2. The summed E-state index contributed by atoms with van der Waals surface area (Å²) in [7, 11) is 3.35. The molecule has 1 aromatic heterocycles. The van der Waals surface area contributed by atoms with Gasteiger partial charge in [0, 0.05) is 18.5 Å². The van der Waals surface area contributed by atoms with Crippen LogP contribution in [0.4, 0.5) is 0 Å². The third kappa shape index (κ3) is 4.33. The van der Waals surface area contributed by atoms with E-state index in [9.17, 15) is 9.59 Å². The molecule has 1 heterocycles. The third-order valence-corrected chi connectivity index (χ3v) is 6.28. The molecular formula is C27H27N3O3. The van der Waals surface area contributed by atoms with Gasteiger partial charge < -0.3 is 15.0 Å². The highest BCUT2D eigenvalue weighted by Gasteiger charge is 2.29. The molecule has 6 heteroatoms. The Labute approximate surface area is 193 Å². The molecule has 2 amide bonds. The van der Waals surface area contributed by atoms with Crippen molar-refractivity contribution < 1.29 is 14.3 Å². The molecular weight excluding hydrogens is 414 g/mol. The van der Waals surface area contributed by atoms with Gasteiger partial charge in [-0.05, 0) is 66.7 Å². The van der Waals surface area contributed by atoms with Crippen molar-refractivity contribution in [2.24, 2.45) is 0 Å². The molecule has 0 bridgehead atoms. The van der Waals surface area contributed by atoms with E-state index < -0.39 is 0 Å². The highest BCUT2D eigenvalue weighted by atomic mass is 16.5. The Kier molecular flexibility index (Phi) is 5.58. The smallest absolute Gasteiger partial charge is 0.255 e. The van der Waals surface area contributed by atoms with Crippen molar-refractivity contribution in [3.63, 3.8) is 0 Å². The standard InChI is InChI=1S/C27H27N3O3/c1-30(16-24(31)28-19-10-11-19)27(32)25-21-5-3-4-6-23(21)29-26-18(9-14-22(25)26)15-17-7-12-20(33-2)13-8-17/h3-8,12-13,15,19H,9-11,14,16H2,1-2H3,(H,28,31)/b18-15-. The molecule has 1 N–H and O–H groups in total. The van der Waals surface area contributed by atoms with Crippen LogP contribution in [-0.4, -0.2) is 48.4 Å². The molecule has 5 rings (SSSR count). The number of para-hydroxylation sites is 1. The summed E-state index contributed by atoms with van der Waals surface area (Å²) in [4.78, 5) is 32.3. The number of hydrogen-bond donors (Lipinski definition) is 1. The Morgan fingerprint density at radius 3 is 2.61 bits per heavy atom. The molecule has 1 saturated carbocycles. The van der Waals surface area contributed by atoms with Crippen molar-refractivity contribution in [1.29, 1.82) is 0 Å². The summed E-state index contributed by atoms with van der Waals surface area (Å²) < 4.78 is 5.26. The third-order valence-electron chi connectivity index (χ3n) is 6.28. The molecule has 2 aromatic carbocycles. The Morgan fingerprint density at radius 2 is 1.88 bits per heavy atom. The second kappa shape index (κ2) is 8.70. The number of ether oxygens (including phenoxy) is 1. The Morgan fingerprint density at radius 1 is 1.12 bits per heavy atom. The van der Waals surface area contributed by atoms with Crippen LogP contribution < -0.4 is 10.1 Å². The lowest BCUT2D eigenvalue weighted by Gasteiger charge is -2.20. The molecule has 2 aliphatic rings. The summed E-state index contributed by atoms with van der Waals surface area (Å²) in [6, 6.07) is 15.9. The zero-order chi connectivity index (χ0) is 22.9. The lowest BCUT2D eigenvalue weighted by molar-refractivity contribution is -0.121. The number of methoxy groups -OCH3 is 1. The van der Waals surface area contributed by atoms with E-state index in [-0.39, 0.29) is 24.4 Å². The normalized spacial score (nSPS) is 16.0. The highest BCUT2D eigenvalue weighted by molar-refractivity contribution is 6.10. The summed E-state index contributed by atoms with van der Waals surface area (Å²) in [6.07, 6.45) is 5.74. The molecule has 0 atom stereocenters. The van der Waals surface area contributed by atoms with Gasteiger partial charge in [0.15, 0.2) is 0 Å². The molecule has 6 nitrogen and oxygen atoms in total. The monoisotopic (exact) mass is 441 g/mol. The first-order valence-corrected chi connectivity index (χ1v) is 11.3. The zero-order valence-corrected chi connectivity index (χ0v) is 18.9. The molecule has 0 spiro atoms. The molecule has 33 heavy (non-hydrogen) atoms. The number of fused-ring (bicyclic) bond motifs is 2. The number of nitrogens with one attached hydrogen (secondary N) is 1. The summed E-state index contributed by atoms with van der Waals surface area (Å²) in [6.45, 7) is 0.0509. The average Bonchev–Trinajstić information content (AvgIpc) is 3.56. The number of allylic oxidation sites excluding steroid dienone is 1. The molecule has 0 unspecified atom stereocenters. The van der Waals surface area contributed by atoms with E-state index in [0.29, 0.717) is 5.56 Å². The Balaban J connectivity index is 1.52. The number of nitrogens with zero attached hydrogens (tertiary/aromatic N) is 2. The fraction of sp³-hybridized carbons (Fsp3) is 0.296. The predicted molar refractivity (Wildman–Crippen MR) is 129 cm³/mol. The van der Waals surface area contributed by atoms with Gasteiger partial charge in [0.05, 0.1) is 30.4 Å². The van der Waals surface area contributed by atoms with Crippen LogP contribution in [0.25, 0.3) is 22.6 Å². The molecule has 3 aromatic rings. The second-order valence-corrected chi connectivity index (χ2v) is 8.78. The highest BCUT2D eigenvalue weighted by Crippen LogP contribution is 2.38. The molecule has 2 aliphatic carbocycles.